The van der Waals surface area contributed by atoms with E-state index in [1.807, 2.05) is 4.90 Å². The summed E-state index contributed by atoms with van der Waals surface area (Å²) < 4.78 is 0. The molecule has 8 nitrogen and oxygen atoms in total. The Hall–Kier alpha value is -2.12. The van der Waals surface area contributed by atoms with E-state index in [-0.39, 0.29) is 29.5 Å². The molecule has 2 amide bonds. The van der Waals surface area contributed by atoms with Crippen molar-refractivity contribution in [3.8, 4) is 0 Å². The zero-order chi connectivity index (χ0) is 13.4. The molecule has 0 radical (unpaired) electrons. The molecule has 102 valence electrons. The number of nitrogens with two attached hydrogens (primary N) is 1. The van der Waals surface area contributed by atoms with Gasteiger partial charge in [-0.3, -0.25) is 14.7 Å². The summed E-state index contributed by atoms with van der Waals surface area (Å²) in [5.74, 6) is 0.459. The molecular weight excluding hydrogens is 248 g/mol. The zero-order valence-corrected chi connectivity index (χ0v) is 10.5. The Balaban J connectivity index is 1.57. The topological polar surface area (TPSA) is 108 Å². The van der Waals surface area contributed by atoms with Crippen LogP contribution < -0.4 is 5.73 Å². The van der Waals surface area contributed by atoms with Crippen molar-refractivity contribution in [2.75, 3.05) is 31.9 Å². The van der Waals surface area contributed by atoms with Gasteiger partial charge in [-0.15, -0.1) is 5.10 Å². The maximum absolute atomic E-state index is 12.1. The van der Waals surface area contributed by atoms with Gasteiger partial charge in [0, 0.05) is 32.1 Å². The van der Waals surface area contributed by atoms with E-state index in [0.717, 1.165) is 12.8 Å². The molecule has 1 saturated heterocycles. The fourth-order valence-electron chi connectivity index (χ4n) is 2.24. The molecule has 1 saturated carbocycles. The Morgan fingerprint density at radius 2 is 1.79 bits per heavy atom. The number of amides is 2. The van der Waals surface area contributed by atoms with Crippen molar-refractivity contribution < 1.29 is 9.59 Å². The van der Waals surface area contributed by atoms with Crippen LogP contribution in [0.5, 0.6) is 0 Å². The van der Waals surface area contributed by atoms with Crippen molar-refractivity contribution in [2.24, 2.45) is 5.92 Å². The molecule has 2 fully saturated rings. The first-order chi connectivity index (χ1) is 9.15. The van der Waals surface area contributed by atoms with Crippen molar-refractivity contribution in [1.82, 2.24) is 25.0 Å². The van der Waals surface area contributed by atoms with Crippen LogP contribution >= 0.6 is 0 Å². The second kappa shape index (κ2) is 4.52. The van der Waals surface area contributed by atoms with E-state index >= 15 is 0 Å². The lowest BCUT2D eigenvalue weighted by molar-refractivity contribution is -0.134. The molecule has 1 aromatic rings. The molecule has 8 heteroatoms. The van der Waals surface area contributed by atoms with E-state index in [1.54, 1.807) is 4.90 Å². The number of hydrogen-bond donors (Lipinski definition) is 2. The molecule has 0 spiro atoms. The Labute approximate surface area is 110 Å². The summed E-state index contributed by atoms with van der Waals surface area (Å²) >= 11 is 0. The summed E-state index contributed by atoms with van der Waals surface area (Å²) in [4.78, 5) is 31.3. The SMILES string of the molecule is Nc1n[nH]c(C(=O)N2CCN(C(=O)C3CC3)CC2)n1. The number of carbonyl (C=O) groups excluding carboxylic acids is 2. The molecule has 1 aromatic heterocycles. The summed E-state index contributed by atoms with van der Waals surface area (Å²) in [5, 5.41) is 6.14. The van der Waals surface area contributed by atoms with Crippen LogP contribution in [-0.4, -0.2) is 63.0 Å². The van der Waals surface area contributed by atoms with Gasteiger partial charge in [-0.05, 0) is 12.8 Å². The van der Waals surface area contributed by atoms with E-state index < -0.39 is 0 Å². The van der Waals surface area contributed by atoms with Crippen LogP contribution in [0.3, 0.4) is 0 Å². The second-order valence-electron chi connectivity index (χ2n) is 4.93. The lowest BCUT2D eigenvalue weighted by Crippen LogP contribution is -2.51. The van der Waals surface area contributed by atoms with E-state index in [4.69, 9.17) is 5.73 Å². The Morgan fingerprint density at radius 3 is 2.32 bits per heavy atom. The second-order valence-corrected chi connectivity index (χ2v) is 4.93. The smallest absolute Gasteiger partial charge is 0.291 e. The number of rotatable bonds is 2. The highest BCUT2D eigenvalue weighted by molar-refractivity contribution is 5.91. The van der Waals surface area contributed by atoms with Crippen LogP contribution in [0.25, 0.3) is 0 Å². The van der Waals surface area contributed by atoms with E-state index in [1.165, 1.54) is 0 Å². The Bertz CT molecular complexity index is 501. The third-order valence-corrected chi connectivity index (χ3v) is 3.51. The lowest BCUT2D eigenvalue weighted by Gasteiger charge is -2.34. The summed E-state index contributed by atoms with van der Waals surface area (Å²) in [5.41, 5.74) is 5.37. The van der Waals surface area contributed by atoms with Gasteiger partial charge in [0.15, 0.2) is 0 Å². The van der Waals surface area contributed by atoms with Gasteiger partial charge < -0.3 is 15.5 Å². The zero-order valence-electron chi connectivity index (χ0n) is 10.5. The van der Waals surface area contributed by atoms with Crippen molar-refractivity contribution >= 4 is 17.8 Å². The molecule has 1 aliphatic carbocycles. The molecule has 0 aromatic carbocycles. The number of piperazine rings is 1. The summed E-state index contributed by atoms with van der Waals surface area (Å²) in [6, 6.07) is 0. The largest absolute Gasteiger partial charge is 0.366 e. The third kappa shape index (κ3) is 2.38. The third-order valence-electron chi connectivity index (χ3n) is 3.51. The van der Waals surface area contributed by atoms with Gasteiger partial charge in [0.05, 0.1) is 0 Å². The quantitative estimate of drug-likeness (QED) is 0.718. The molecule has 2 heterocycles. The molecule has 0 unspecified atom stereocenters. The van der Waals surface area contributed by atoms with Gasteiger partial charge in [-0.2, -0.15) is 4.98 Å². The summed E-state index contributed by atoms with van der Waals surface area (Å²) in [6.45, 7) is 2.23. The first-order valence-corrected chi connectivity index (χ1v) is 6.41. The van der Waals surface area contributed by atoms with E-state index in [0.29, 0.717) is 26.2 Å². The summed E-state index contributed by atoms with van der Waals surface area (Å²) in [7, 11) is 0. The van der Waals surface area contributed by atoms with E-state index in [2.05, 4.69) is 15.2 Å². The minimum Gasteiger partial charge on any atom is -0.366 e. The van der Waals surface area contributed by atoms with Gasteiger partial charge in [0.1, 0.15) is 0 Å². The van der Waals surface area contributed by atoms with Gasteiger partial charge in [-0.25, -0.2) is 0 Å². The molecular formula is C11H16N6O2. The molecule has 0 bridgehead atoms. The predicted octanol–water partition coefficient (Wildman–Crippen LogP) is -0.919. The molecule has 1 aliphatic heterocycles. The van der Waals surface area contributed by atoms with Gasteiger partial charge in [-0.1, -0.05) is 0 Å². The fraction of sp³-hybridized carbons (Fsp3) is 0.636. The molecule has 0 atom stereocenters. The summed E-state index contributed by atoms with van der Waals surface area (Å²) in [6.07, 6.45) is 2.02. The normalized spacial score (nSPS) is 19.6. The van der Waals surface area contributed by atoms with Crippen LogP contribution in [0, 0.1) is 5.92 Å². The number of nitrogens with zero attached hydrogens (tertiary/aromatic N) is 4. The average molecular weight is 264 g/mol. The van der Waals surface area contributed by atoms with Gasteiger partial charge in [0.25, 0.3) is 5.91 Å². The highest BCUT2D eigenvalue weighted by Crippen LogP contribution is 2.31. The van der Waals surface area contributed by atoms with E-state index in [9.17, 15) is 9.59 Å². The van der Waals surface area contributed by atoms with Crippen LogP contribution in [-0.2, 0) is 4.79 Å². The lowest BCUT2D eigenvalue weighted by atomic mass is 10.2. The molecule has 19 heavy (non-hydrogen) atoms. The standard InChI is InChI=1S/C11H16N6O2/c12-11-13-8(14-15-11)10(19)17-5-3-16(4-6-17)9(18)7-1-2-7/h7H,1-6H2,(H3,12,13,14,15). The minimum absolute atomic E-state index is 0.0610. The molecule has 3 N–H and O–H groups in total. The number of aromatic amines is 1. The van der Waals surface area contributed by atoms with Crippen LogP contribution in [0.2, 0.25) is 0 Å². The Kier molecular flexibility index (Phi) is 2.84. The number of anilines is 1. The first-order valence-electron chi connectivity index (χ1n) is 6.41. The molecule has 3 rings (SSSR count). The highest BCUT2D eigenvalue weighted by atomic mass is 16.2. The number of nitrogen functional groups attached to an aromatic ring is 1. The number of carbonyl (C=O) groups is 2. The monoisotopic (exact) mass is 264 g/mol. The maximum Gasteiger partial charge on any atom is 0.291 e. The first kappa shape index (κ1) is 11.9. The minimum atomic E-state index is -0.220. The van der Waals surface area contributed by atoms with Crippen molar-refractivity contribution in [1.29, 1.82) is 0 Å². The van der Waals surface area contributed by atoms with Crippen molar-refractivity contribution in [3.63, 3.8) is 0 Å². The number of nitrogens with one attached hydrogen (secondary N) is 1. The van der Waals surface area contributed by atoms with Crippen LogP contribution in [0.15, 0.2) is 0 Å². The highest BCUT2D eigenvalue weighted by Gasteiger charge is 2.35. The number of aromatic nitrogens is 3. The van der Waals surface area contributed by atoms with Gasteiger partial charge in [0.2, 0.25) is 17.7 Å². The molecule has 2 aliphatic rings. The van der Waals surface area contributed by atoms with Crippen molar-refractivity contribution in [3.05, 3.63) is 5.82 Å². The number of hydrogen-bond acceptors (Lipinski definition) is 5. The Morgan fingerprint density at radius 1 is 1.16 bits per heavy atom. The van der Waals surface area contributed by atoms with Gasteiger partial charge >= 0.3 is 0 Å². The predicted molar refractivity (Wildman–Crippen MR) is 66.0 cm³/mol. The average Bonchev–Trinajstić information content (AvgIpc) is 3.19. The maximum atomic E-state index is 12.1. The van der Waals surface area contributed by atoms with Crippen LogP contribution in [0.1, 0.15) is 23.5 Å². The fourth-order valence-corrected chi connectivity index (χ4v) is 2.24. The number of H-pyrrole nitrogens is 1. The van der Waals surface area contributed by atoms with Crippen molar-refractivity contribution in [2.45, 2.75) is 12.8 Å². The van der Waals surface area contributed by atoms with Crippen LogP contribution in [0.4, 0.5) is 5.95 Å².